The fourth-order valence-corrected chi connectivity index (χ4v) is 2.62. The van der Waals surface area contributed by atoms with Crippen LogP contribution in [0.5, 0.6) is 0 Å². The number of pyridine rings is 1. The van der Waals surface area contributed by atoms with Gasteiger partial charge in [0.15, 0.2) is 5.96 Å². The van der Waals surface area contributed by atoms with E-state index in [0.29, 0.717) is 12.5 Å². The molecule has 0 aliphatic carbocycles. The second-order valence-corrected chi connectivity index (χ2v) is 5.91. The number of rotatable bonds is 6. The normalized spacial score (nSPS) is 16.4. The van der Waals surface area contributed by atoms with Crippen molar-refractivity contribution < 1.29 is 0 Å². The van der Waals surface area contributed by atoms with E-state index in [9.17, 15) is 0 Å². The maximum absolute atomic E-state index is 5.84. The van der Waals surface area contributed by atoms with Crippen molar-refractivity contribution in [2.45, 2.75) is 52.0 Å². The van der Waals surface area contributed by atoms with Crippen LogP contribution in [0.25, 0.3) is 0 Å². The zero-order chi connectivity index (χ0) is 15.6. The Morgan fingerprint density at radius 3 is 2.68 bits per heavy atom. The van der Waals surface area contributed by atoms with E-state index >= 15 is 0 Å². The van der Waals surface area contributed by atoms with Gasteiger partial charge in [-0.1, -0.05) is 32.3 Å². The number of aliphatic imine (C=N–C) groups is 1. The first kappa shape index (κ1) is 16.6. The predicted octanol–water partition coefficient (Wildman–Crippen LogP) is 2.67. The number of nitrogens with two attached hydrogens (primary N) is 1. The molecule has 1 aliphatic heterocycles. The minimum atomic E-state index is 0.519. The van der Waals surface area contributed by atoms with Crippen LogP contribution in [0.1, 0.15) is 51.0 Å². The van der Waals surface area contributed by atoms with Crippen molar-refractivity contribution in [3.63, 3.8) is 0 Å². The molecule has 0 saturated carbocycles. The molecule has 5 heteroatoms. The van der Waals surface area contributed by atoms with Gasteiger partial charge in [0, 0.05) is 25.8 Å². The highest BCUT2D eigenvalue weighted by molar-refractivity contribution is 5.77. The van der Waals surface area contributed by atoms with Gasteiger partial charge < -0.3 is 16.0 Å². The Labute approximate surface area is 134 Å². The molecule has 3 N–H and O–H groups in total. The maximum atomic E-state index is 5.84. The van der Waals surface area contributed by atoms with Crippen LogP contribution in [0.2, 0.25) is 0 Å². The van der Waals surface area contributed by atoms with Crippen molar-refractivity contribution in [1.82, 2.24) is 10.3 Å². The molecule has 0 radical (unpaired) electrons. The summed E-state index contributed by atoms with van der Waals surface area (Å²) < 4.78 is 0. The number of aromatic nitrogens is 1. The molecule has 0 unspecified atom stereocenters. The van der Waals surface area contributed by atoms with E-state index in [-0.39, 0.29) is 0 Å². The number of anilines is 1. The van der Waals surface area contributed by atoms with E-state index in [0.717, 1.165) is 43.9 Å². The molecule has 1 saturated heterocycles. The van der Waals surface area contributed by atoms with Gasteiger partial charge in [-0.15, -0.1) is 0 Å². The lowest BCUT2D eigenvalue weighted by Crippen LogP contribution is -2.32. The van der Waals surface area contributed by atoms with E-state index in [1.807, 2.05) is 6.20 Å². The average molecular weight is 303 g/mol. The lowest BCUT2D eigenvalue weighted by molar-refractivity contribution is 0.726. The second kappa shape index (κ2) is 9.28. The lowest BCUT2D eigenvalue weighted by Gasteiger charge is -2.21. The summed E-state index contributed by atoms with van der Waals surface area (Å²) in [5, 5.41) is 3.12. The lowest BCUT2D eigenvalue weighted by atomic mass is 10.2. The molecule has 1 aromatic rings. The fraction of sp³-hybridized carbons (Fsp3) is 0.647. The smallest absolute Gasteiger partial charge is 0.188 e. The number of nitrogens with one attached hydrogen (secondary N) is 1. The first-order valence-electron chi connectivity index (χ1n) is 8.53. The van der Waals surface area contributed by atoms with Crippen LogP contribution in [0, 0.1) is 0 Å². The van der Waals surface area contributed by atoms with E-state index in [4.69, 9.17) is 5.73 Å². The maximum Gasteiger partial charge on any atom is 0.188 e. The number of nitrogens with zero attached hydrogens (tertiary/aromatic N) is 3. The van der Waals surface area contributed by atoms with Gasteiger partial charge in [-0.2, -0.15) is 0 Å². The molecule has 1 aliphatic rings. The minimum absolute atomic E-state index is 0.519. The summed E-state index contributed by atoms with van der Waals surface area (Å²) in [5.41, 5.74) is 6.93. The summed E-state index contributed by atoms with van der Waals surface area (Å²) in [7, 11) is 0. The third-order valence-corrected chi connectivity index (χ3v) is 4.01. The van der Waals surface area contributed by atoms with Crippen molar-refractivity contribution in [3.8, 4) is 0 Å². The van der Waals surface area contributed by atoms with Gasteiger partial charge in [-0.25, -0.2) is 9.98 Å². The molecule has 22 heavy (non-hydrogen) atoms. The molecular formula is C17H29N5. The van der Waals surface area contributed by atoms with Crippen LogP contribution in [-0.2, 0) is 6.54 Å². The number of hydrogen-bond donors (Lipinski definition) is 2. The van der Waals surface area contributed by atoms with E-state index in [1.54, 1.807) is 0 Å². The van der Waals surface area contributed by atoms with Crippen molar-refractivity contribution in [2.24, 2.45) is 10.7 Å². The molecule has 1 aromatic heterocycles. The summed E-state index contributed by atoms with van der Waals surface area (Å²) in [5.74, 6) is 1.61. The zero-order valence-corrected chi connectivity index (χ0v) is 13.7. The largest absolute Gasteiger partial charge is 0.370 e. The standard InChI is InChI=1S/C17H29N5/c1-2-3-10-19-17(18)21-14-15-8-9-16(20-13-15)22-11-6-4-5-7-12-22/h8-9,13H,2-7,10-12,14H2,1H3,(H3,18,19,21). The number of unbranched alkanes of at least 4 members (excludes halogenated alkanes) is 1. The van der Waals surface area contributed by atoms with Crippen molar-refractivity contribution >= 4 is 11.8 Å². The molecule has 1 fully saturated rings. The van der Waals surface area contributed by atoms with Crippen LogP contribution >= 0.6 is 0 Å². The molecule has 2 rings (SSSR count). The summed E-state index contributed by atoms with van der Waals surface area (Å²) in [6.07, 6.45) is 9.41. The molecule has 0 aromatic carbocycles. The molecular weight excluding hydrogens is 274 g/mol. The van der Waals surface area contributed by atoms with Crippen LogP contribution < -0.4 is 16.0 Å². The number of hydrogen-bond acceptors (Lipinski definition) is 3. The van der Waals surface area contributed by atoms with Crippen LogP contribution in [0.3, 0.4) is 0 Å². The average Bonchev–Trinajstić information content (AvgIpc) is 2.83. The van der Waals surface area contributed by atoms with Gasteiger partial charge in [0.1, 0.15) is 5.82 Å². The highest BCUT2D eigenvalue weighted by Crippen LogP contribution is 2.17. The van der Waals surface area contributed by atoms with Gasteiger partial charge >= 0.3 is 0 Å². The third kappa shape index (κ3) is 5.54. The van der Waals surface area contributed by atoms with Gasteiger partial charge in [-0.3, -0.25) is 0 Å². The number of guanidine groups is 1. The fourth-order valence-electron chi connectivity index (χ4n) is 2.62. The predicted molar refractivity (Wildman–Crippen MR) is 93.2 cm³/mol. The van der Waals surface area contributed by atoms with Crippen LogP contribution in [0.15, 0.2) is 23.3 Å². The van der Waals surface area contributed by atoms with E-state index in [2.05, 4.69) is 39.2 Å². The quantitative estimate of drug-likeness (QED) is 0.482. The zero-order valence-electron chi connectivity index (χ0n) is 13.7. The molecule has 0 bridgehead atoms. The first-order valence-corrected chi connectivity index (χ1v) is 8.53. The monoisotopic (exact) mass is 303 g/mol. The van der Waals surface area contributed by atoms with Gasteiger partial charge in [0.2, 0.25) is 0 Å². The Morgan fingerprint density at radius 1 is 1.27 bits per heavy atom. The Hall–Kier alpha value is -1.78. The SMILES string of the molecule is CCCCNC(N)=NCc1ccc(N2CCCCCC2)nc1. The van der Waals surface area contributed by atoms with Gasteiger partial charge in [0.25, 0.3) is 0 Å². The van der Waals surface area contributed by atoms with E-state index < -0.39 is 0 Å². The van der Waals surface area contributed by atoms with Gasteiger partial charge in [0.05, 0.1) is 6.54 Å². The topological polar surface area (TPSA) is 66.5 Å². The molecule has 0 atom stereocenters. The van der Waals surface area contributed by atoms with Crippen molar-refractivity contribution in [3.05, 3.63) is 23.9 Å². The first-order chi connectivity index (χ1) is 10.8. The van der Waals surface area contributed by atoms with Gasteiger partial charge in [-0.05, 0) is 30.9 Å². The minimum Gasteiger partial charge on any atom is -0.370 e. The van der Waals surface area contributed by atoms with Crippen molar-refractivity contribution in [1.29, 1.82) is 0 Å². The summed E-state index contributed by atoms with van der Waals surface area (Å²) >= 11 is 0. The third-order valence-electron chi connectivity index (χ3n) is 4.01. The highest BCUT2D eigenvalue weighted by Gasteiger charge is 2.10. The van der Waals surface area contributed by atoms with Crippen LogP contribution in [-0.4, -0.2) is 30.6 Å². The van der Waals surface area contributed by atoms with Crippen LogP contribution in [0.4, 0.5) is 5.82 Å². The summed E-state index contributed by atoms with van der Waals surface area (Å²) in [4.78, 5) is 11.3. The second-order valence-electron chi connectivity index (χ2n) is 5.91. The summed E-state index contributed by atoms with van der Waals surface area (Å²) in [6.45, 7) is 5.88. The Kier molecular flexibility index (Phi) is 7.00. The highest BCUT2D eigenvalue weighted by atomic mass is 15.2. The molecule has 2 heterocycles. The molecule has 0 amide bonds. The summed E-state index contributed by atoms with van der Waals surface area (Å²) in [6, 6.07) is 4.22. The Morgan fingerprint density at radius 2 is 2.05 bits per heavy atom. The molecule has 5 nitrogen and oxygen atoms in total. The molecule has 122 valence electrons. The Balaban J connectivity index is 1.84. The van der Waals surface area contributed by atoms with E-state index in [1.165, 1.54) is 25.7 Å². The Bertz CT molecular complexity index is 447. The molecule has 0 spiro atoms. The van der Waals surface area contributed by atoms with Crippen molar-refractivity contribution in [2.75, 3.05) is 24.5 Å².